The first kappa shape index (κ1) is 14.2. The summed E-state index contributed by atoms with van der Waals surface area (Å²) in [4.78, 5) is 10.8. The molecule has 1 atom stereocenters. The molecule has 5 heteroatoms. The molecule has 2 aromatic rings. The molecular formula is C16H15BrN2O2. The first-order chi connectivity index (χ1) is 10.1. The van der Waals surface area contributed by atoms with Gasteiger partial charge in [0.05, 0.1) is 4.92 Å². The van der Waals surface area contributed by atoms with Gasteiger partial charge in [0.15, 0.2) is 0 Å². The lowest BCUT2D eigenvalue weighted by atomic mass is 10.1. The van der Waals surface area contributed by atoms with Crippen molar-refractivity contribution < 1.29 is 4.92 Å². The van der Waals surface area contributed by atoms with Crippen molar-refractivity contribution in [2.75, 3.05) is 0 Å². The summed E-state index contributed by atoms with van der Waals surface area (Å²) in [5, 5.41) is 14.5. The molecule has 108 valence electrons. The maximum atomic E-state index is 11.1. The molecule has 0 bridgehead atoms. The lowest BCUT2D eigenvalue weighted by molar-refractivity contribution is -0.385. The van der Waals surface area contributed by atoms with E-state index in [-0.39, 0.29) is 16.7 Å². The normalized spacial score (nSPS) is 16.7. The number of nitrogens with one attached hydrogen (secondary N) is 1. The summed E-state index contributed by atoms with van der Waals surface area (Å²) in [6.07, 6.45) is 2.11. The molecule has 2 aromatic carbocycles. The molecule has 0 heterocycles. The van der Waals surface area contributed by atoms with Crippen molar-refractivity contribution in [2.24, 2.45) is 0 Å². The summed E-state index contributed by atoms with van der Waals surface area (Å²) in [5.74, 6) is 0. The van der Waals surface area contributed by atoms with Crippen LogP contribution in [0, 0.1) is 10.1 Å². The van der Waals surface area contributed by atoms with Crippen LogP contribution < -0.4 is 5.32 Å². The number of fused-ring (bicyclic) bond motifs is 1. The number of halogens is 1. The molecule has 21 heavy (non-hydrogen) atoms. The minimum Gasteiger partial charge on any atom is -0.306 e. The second-order valence-corrected chi connectivity index (χ2v) is 6.12. The second-order valence-electron chi connectivity index (χ2n) is 5.20. The molecule has 0 saturated carbocycles. The van der Waals surface area contributed by atoms with E-state index in [4.69, 9.17) is 0 Å². The van der Waals surface area contributed by atoms with Gasteiger partial charge in [-0.3, -0.25) is 10.1 Å². The minimum atomic E-state index is -0.327. The lowest BCUT2D eigenvalue weighted by Crippen LogP contribution is -2.19. The van der Waals surface area contributed by atoms with Gasteiger partial charge in [-0.05, 0) is 36.1 Å². The number of nitro groups is 1. The number of benzene rings is 2. The maximum Gasteiger partial charge on any atom is 0.273 e. The largest absolute Gasteiger partial charge is 0.306 e. The van der Waals surface area contributed by atoms with Crippen molar-refractivity contribution in [2.45, 2.75) is 25.4 Å². The fourth-order valence-corrected chi connectivity index (χ4v) is 3.28. The summed E-state index contributed by atoms with van der Waals surface area (Å²) in [7, 11) is 0. The molecule has 1 unspecified atom stereocenters. The van der Waals surface area contributed by atoms with E-state index >= 15 is 0 Å². The van der Waals surface area contributed by atoms with Crippen molar-refractivity contribution >= 4 is 21.6 Å². The van der Waals surface area contributed by atoms with Gasteiger partial charge in [-0.2, -0.15) is 0 Å². The Balaban J connectivity index is 1.77. The van der Waals surface area contributed by atoms with Crippen LogP contribution >= 0.6 is 15.9 Å². The summed E-state index contributed by atoms with van der Waals surface area (Å²) in [6, 6.07) is 13.7. The van der Waals surface area contributed by atoms with Crippen molar-refractivity contribution in [3.63, 3.8) is 0 Å². The van der Waals surface area contributed by atoms with Crippen LogP contribution in [0.25, 0.3) is 0 Å². The molecule has 3 rings (SSSR count). The number of aryl methyl sites for hydroxylation is 1. The van der Waals surface area contributed by atoms with Gasteiger partial charge < -0.3 is 5.32 Å². The van der Waals surface area contributed by atoms with Crippen LogP contribution in [0.2, 0.25) is 0 Å². The first-order valence-electron chi connectivity index (χ1n) is 6.89. The SMILES string of the molecule is O=[N+]([O-])c1ccc(Br)cc1CNC1CCc2ccccc21. The molecule has 0 aromatic heterocycles. The van der Waals surface area contributed by atoms with Crippen molar-refractivity contribution in [3.8, 4) is 0 Å². The van der Waals surface area contributed by atoms with Crippen LogP contribution in [0.4, 0.5) is 5.69 Å². The highest BCUT2D eigenvalue weighted by atomic mass is 79.9. The number of hydrogen-bond donors (Lipinski definition) is 1. The third kappa shape index (κ3) is 2.99. The number of nitro benzene ring substituents is 1. The predicted molar refractivity (Wildman–Crippen MR) is 85.1 cm³/mol. The van der Waals surface area contributed by atoms with Crippen LogP contribution in [-0.2, 0) is 13.0 Å². The van der Waals surface area contributed by atoms with Crippen LogP contribution in [-0.4, -0.2) is 4.92 Å². The number of nitrogens with zero attached hydrogens (tertiary/aromatic N) is 1. The van der Waals surface area contributed by atoms with Crippen molar-refractivity contribution in [3.05, 3.63) is 73.7 Å². The quantitative estimate of drug-likeness (QED) is 0.668. The van der Waals surface area contributed by atoms with Gasteiger partial charge in [-0.25, -0.2) is 0 Å². The van der Waals surface area contributed by atoms with Gasteiger partial charge >= 0.3 is 0 Å². The molecule has 0 saturated heterocycles. The van der Waals surface area contributed by atoms with Gasteiger partial charge in [0.25, 0.3) is 5.69 Å². The maximum absolute atomic E-state index is 11.1. The smallest absolute Gasteiger partial charge is 0.273 e. The predicted octanol–water partition coefficient (Wildman–Crippen LogP) is 4.13. The highest BCUT2D eigenvalue weighted by Crippen LogP contribution is 2.31. The molecule has 0 amide bonds. The minimum absolute atomic E-state index is 0.164. The van der Waals surface area contributed by atoms with E-state index in [1.54, 1.807) is 12.1 Å². The Morgan fingerprint density at radius 2 is 2.10 bits per heavy atom. The van der Waals surface area contributed by atoms with E-state index in [0.29, 0.717) is 12.1 Å². The van der Waals surface area contributed by atoms with Gasteiger partial charge in [0.1, 0.15) is 0 Å². The van der Waals surface area contributed by atoms with Crippen LogP contribution in [0.3, 0.4) is 0 Å². The molecule has 0 fully saturated rings. The first-order valence-corrected chi connectivity index (χ1v) is 7.68. The monoisotopic (exact) mass is 346 g/mol. The lowest BCUT2D eigenvalue weighted by Gasteiger charge is -2.14. The van der Waals surface area contributed by atoms with Gasteiger partial charge in [-0.1, -0.05) is 40.2 Å². The Labute approximate surface area is 131 Å². The topological polar surface area (TPSA) is 55.2 Å². The van der Waals surface area contributed by atoms with Gasteiger partial charge in [0, 0.05) is 28.7 Å². The molecule has 1 N–H and O–H groups in total. The summed E-state index contributed by atoms with van der Waals surface area (Å²) < 4.78 is 0.858. The van der Waals surface area contributed by atoms with Crippen molar-refractivity contribution in [1.82, 2.24) is 5.32 Å². The van der Waals surface area contributed by atoms with Gasteiger partial charge in [0.2, 0.25) is 0 Å². The van der Waals surface area contributed by atoms with E-state index in [2.05, 4.69) is 39.4 Å². The zero-order valence-corrected chi connectivity index (χ0v) is 13.0. The molecular weight excluding hydrogens is 332 g/mol. The van der Waals surface area contributed by atoms with E-state index in [9.17, 15) is 10.1 Å². The molecule has 1 aliphatic carbocycles. The highest BCUT2D eigenvalue weighted by molar-refractivity contribution is 9.10. The zero-order valence-electron chi connectivity index (χ0n) is 11.4. The third-order valence-electron chi connectivity index (χ3n) is 3.91. The standard InChI is InChI=1S/C16H15BrN2O2/c17-13-6-8-16(19(20)21)12(9-13)10-18-15-7-5-11-3-1-2-4-14(11)15/h1-4,6,8-9,15,18H,5,7,10H2. The van der Waals surface area contributed by atoms with Gasteiger partial charge in [-0.15, -0.1) is 0 Å². The Kier molecular flexibility index (Phi) is 4.03. The van der Waals surface area contributed by atoms with Crippen molar-refractivity contribution in [1.29, 1.82) is 0 Å². The van der Waals surface area contributed by atoms with Crippen LogP contribution in [0.5, 0.6) is 0 Å². The van der Waals surface area contributed by atoms with Crippen LogP contribution in [0.1, 0.15) is 29.2 Å². The average molecular weight is 347 g/mol. The molecule has 4 nitrogen and oxygen atoms in total. The Hall–Kier alpha value is -1.72. The fraction of sp³-hybridized carbons (Fsp3) is 0.250. The molecule has 0 radical (unpaired) electrons. The fourth-order valence-electron chi connectivity index (χ4n) is 2.88. The summed E-state index contributed by atoms with van der Waals surface area (Å²) in [6.45, 7) is 0.495. The number of rotatable bonds is 4. The summed E-state index contributed by atoms with van der Waals surface area (Å²) in [5.41, 5.74) is 3.56. The number of hydrogen-bond acceptors (Lipinski definition) is 3. The van der Waals surface area contributed by atoms with E-state index in [1.807, 2.05) is 12.1 Å². The molecule has 0 spiro atoms. The second kappa shape index (κ2) is 5.95. The Morgan fingerprint density at radius 3 is 2.90 bits per heavy atom. The summed E-state index contributed by atoms with van der Waals surface area (Å²) >= 11 is 3.37. The molecule has 0 aliphatic heterocycles. The molecule has 1 aliphatic rings. The average Bonchev–Trinajstić information content (AvgIpc) is 2.88. The van der Waals surface area contributed by atoms with E-state index in [0.717, 1.165) is 17.3 Å². The Morgan fingerprint density at radius 1 is 1.29 bits per heavy atom. The van der Waals surface area contributed by atoms with Crippen LogP contribution in [0.15, 0.2) is 46.9 Å². The van der Waals surface area contributed by atoms with E-state index in [1.165, 1.54) is 11.1 Å². The Bertz CT molecular complexity index is 688. The van der Waals surface area contributed by atoms with E-state index < -0.39 is 0 Å². The zero-order chi connectivity index (χ0) is 14.8. The highest BCUT2D eigenvalue weighted by Gasteiger charge is 2.22. The third-order valence-corrected chi connectivity index (χ3v) is 4.40.